The van der Waals surface area contributed by atoms with Gasteiger partial charge in [0.2, 0.25) is 0 Å². The smallest absolute Gasteiger partial charge is 0.317 e. The molecule has 0 spiro atoms. The Morgan fingerprint density at radius 2 is 2.13 bits per heavy atom. The molecular formula is C10H19N3O2. The summed E-state index contributed by atoms with van der Waals surface area (Å²) in [5.74, 6) is 0. The highest BCUT2D eigenvalue weighted by atomic mass is 16.5. The molecule has 5 heteroatoms. The lowest BCUT2D eigenvalue weighted by Gasteiger charge is -2.32. The maximum atomic E-state index is 11.4. The van der Waals surface area contributed by atoms with Crippen LogP contribution in [0.2, 0.25) is 0 Å². The molecule has 2 aliphatic rings. The van der Waals surface area contributed by atoms with Crippen molar-refractivity contribution in [2.75, 3.05) is 45.9 Å². The lowest BCUT2D eigenvalue weighted by molar-refractivity contribution is 0.0291. The number of morpholine rings is 1. The van der Waals surface area contributed by atoms with E-state index in [0.29, 0.717) is 6.04 Å². The van der Waals surface area contributed by atoms with Crippen molar-refractivity contribution in [3.8, 4) is 0 Å². The summed E-state index contributed by atoms with van der Waals surface area (Å²) in [7, 11) is 0. The van der Waals surface area contributed by atoms with Crippen LogP contribution in [-0.4, -0.2) is 67.8 Å². The first-order valence-corrected chi connectivity index (χ1v) is 5.62. The largest absolute Gasteiger partial charge is 0.379 e. The standard InChI is InChI=1S/C10H19N3O2/c1-9(13-3-2-11-10(13)14)8-12-4-6-15-7-5-12/h9H,2-8H2,1H3,(H,11,14). The fourth-order valence-electron chi connectivity index (χ4n) is 2.16. The molecule has 2 saturated heterocycles. The quantitative estimate of drug-likeness (QED) is 0.702. The molecule has 2 amide bonds. The number of carbonyl (C=O) groups excluding carboxylic acids is 1. The third-order valence-electron chi connectivity index (χ3n) is 3.05. The van der Waals surface area contributed by atoms with Crippen molar-refractivity contribution >= 4 is 6.03 Å². The van der Waals surface area contributed by atoms with E-state index in [0.717, 1.165) is 45.9 Å². The average molecular weight is 213 g/mol. The summed E-state index contributed by atoms with van der Waals surface area (Å²) in [6, 6.07) is 0.376. The van der Waals surface area contributed by atoms with E-state index in [4.69, 9.17) is 4.74 Å². The van der Waals surface area contributed by atoms with Gasteiger partial charge in [0.15, 0.2) is 0 Å². The topological polar surface area (TPSA) is 44.8 Å². The Labute approximate surface area is 90.4 Å². The van der Waals surface area contributed by atoms with Crippen LogP contribution in [0.3, 0.4) is 0 Å². The second-order valence-electron chi connectivity index (χ2n) is 4.19. The Kier molecular flexibility index (Phi) is 3.43. The predicted octanol–water partition coefficient (Wildman–Crippen LogP) is -0.268. The van der Waals surface area contributed by atoms with Gasteiger partial charge in [-0.2, -0.15) is 0 Å². The summed E-state index contributed by atoms with van der Waals surface area (Å²) in [6.07, 6.45) is 0. The minimum Gasteiger partial charge on any atom is -0.379 e. The Balaban J connectivity index is 1.80. The number of carbonyl (C=O) groups is 1. The van der Waals surface area contributed by atoms with Gasteiger partial charge in [-0.1, -0.05) is 0 Å². The van der Waals surface area contributed by atoms with Gasteiger partial charge in [0, 0.05) is 38.8 Å². The molecule has 0 radical (unpaired) electrons. The molecule has 2 heterocycles. The number of hydrogen-bond donors (Lipinski definition) is 1. The first kappa shape index (κ1) is 10.7. The van der Waals surface area contributed by atoms with E-state index >= 15 is 0 Å². The Morgan fingerprint density at radius 1 is 1.40 bits per heavy atom. The zero-order valence-corrected chi connectivity index (χ0v) is 9.24. The number of nitrogens with zero attached hydrogens (tertiary/aromatic N) is 2. The van der Waals surface area contributed by atoms with Gasteiger partial charge in [0.25, 0.3) is 0 Å². The second kappa shape index (κ2) is 4.81. The van der Waals surface area contributed by atoms with Crippen molar-refractivity contribution in [1.82, 2.24) is 15.1 Å². The van der Waals surface area contributed by atoms with Crippen molar-refractivity contribution in [3.05, 3.63) is 0 Å². The van der Waals surface area contributed by atoms with Gasteiger partial charge in [-0.25, -0.2) is 4.79 Å². The van der Waals surface area contributed by atoms with E-state index in [-0.39, 0.29) is 6.03 Å². The van der Waals surface area contributed by atoms with Crippen molar-refractivity contribution in [2.24, 2.45) is 0 Å². The molecular weight excluding hydrogens is 194 g/mol. The molecule has 2 fully saturated rings. The summed E-state index contributed by atoms with van der Waals surface area (Å²) in [6.45, 7) is 8.30. The van der Waals surface area contributed by atoms with E-state index in [2.05, 4.69) is 17.1 Å². The maximum Gasteiger partial charge on any atom is 0.317 e. The predicted molar refractivity (Wildman–Crippen MR) is 56.8 cm³/mol. The molecule has 2 aliphatic heterocycles. The SMILES string of the molecule is CC(CN1CCOCC1)N1CCNC1=O. The summed E-state index contributed by atoms with van der Waals surface area (Å²) < 4.78 is 5.29. The van der Waals surface area contributed by atoms with E-state index in [9.17, 15) is 4.79 Å². The van der Waals surface area contributed by atoms with E-state index < -0.39 is 0 Å². The molecule has 0 aliphatic carbocycles. The van der Waals surface area contributed by atoms with Gasteiger partial charge in [0.05, 0.1) is 13.2 Å². The number of urea groups is 1. The Bertz CT molecular complexity index is 229. The van der Waals surface area contributed by atoms with Crippen LogP contribution in [0, 0.1) is 0 Å². The molecule has 86 valence electrons. The first-order chi connectivity index (χ1) is 7.27. The highest BCUT2D eigenvalue weighted by molar-refractivity contribution is 5.76. The van der Waals surface area contributed by atoms with Crippen LogP contribution < -0.4 is 5.32 Å². The fraction of sp³-hybridized carbons (Fsp3) is 0.900. The molecule has 5 nitrogen and oxygen atoms in total. The number of nitrogens with one attached hydrogen (secondary N) is 1. The first-order valence-electron chi connectivity index (χ1n) is 5.62. The van der Waals surface area contributed by atoms with Crippen LogP contribution in [0.5, 0.6) is 0 Å². The number of hydrogen-bond acceptors (Lipinski definition) is 3. The van der Waals surface area contributed by atoms with Crippen LogP contribution in [0.15, 0.2) is 0 Å². The van der Waals surface area contributed by atoms with Crippen molar-refractivity contribution in [2.45, 2.75) is 13.0 Å². The maximum absolute atomic E-state index is 11.4. The highest BCUT2D eigenvalue weighted by Gasteiger charge is 2.26. The van der Waals surface area contributed by atoms with Gasteiger partial charge in [-0.3, -0.25) is 4.90 Å². The molecule has 0 bridgehead atoms. The molecule has 2 rings (SSSR count). The zero-order chi connectivity index (χ0) is 10.7. The fourth-order valence-corrected chi connectivity index (χ4v) is 2.16. The third kappa shape index (κ3) is 2.60. The van der Waals surface area contributed by atoms with Gasteiger partial charge in [-0.15, -0.1) is 0 Å². The van der Waals surface area contributed by atoms with Crippen molar-refractivity contribution in [1.29, 1.82) is 0 Å². The summed E-state index contributed by atoms with van der Waals surface area (Å²) in [5, 5.41) is 2.83. The Morgan fingerprint density at radius 3 is 2.73 bits per heavy atom. The van der Waals surface area contributed by atoms with Gasteiger partial charge < -0.3 is 15.0 Å². The van der Waals surface area contributed by atoms with Crippen LogP contribution >= 0.6 is 0 Å². The Hall–Kier alpha value is -0.810. The molecule has 15 heavy (non-hydrogen) atoms. The number of ether oxygens (including phenoxy) is 1. The summed E-state index contributed by atoms with van der Waals surface area (Å²) in [4.78, 5) is 15.7. The zero-order valence-electron chi connectivity index (χ0n) is 9.24. The molecule has 0 aromatic carbocycles. The minimum absolute atomic E-state index is 0.0794. The number of amides is 2. The lowest BCUT2D eigenvalue weighted by Crippen LogP contribution is -2.47. The molecule has 1 unspecified atom stereocenters. The summed E-state index contributed by atoms with van der Waals surface area (Å²) >= 11 is 0. The monoisotopic (exact) mass is 213 g/mol. The van der Waals surface area contributed by atoms with Gasteiger partial charge >= 0.3 is 6.03 Å². The van der Waals surface area contributed by atoms with Crippen molar-refractivity contribution in [3.63, 3.8) is 0 Å². The van der Waals surface area contributed by atoms with E-state index in [1.807, 2.05) is 4.90 Å². The second-order valence-corrected chi connectivity index (χ2v) is 4.19. The molecule has 1 N–H and O–H groups in total. The van der Waals surface area contributed by atoms with E-state index in [1.54, 1.807) is 0 Å². The summed E-state index contributed by atoms with van der Waals surface area (Å²) in [5.41, 5.74) is 0. The average Bonchev–Trinajstić information content (AvgIpc) is 2.66. The van der Waals surface area contributed by atoms with Crippen LogP contribution in [0.1, 0.15) is 6.92 Å². The minimum atomic E-state index is 0.0794. The van der Waals surface area contributed by atoms with Crippen molar-refractivity contribution < 1.29 is 9.53 Å². The van der Waals surface area contributed by atoms with E-state index in [1.165, 1.54) is 0 Å². The van der Waals surface area contributed by atoms with Crippen LogP contribution in [-0.2, 0) is 4.74 Å². The lowest BCUT2D eigenvalue weighted by atomic mass is 10.2. The van der Waals surface area contributed by atoms with Crippen LogP contribution in [0.4, 0.5) is 4.79 Å². The normalized spacial score (nSPS) is 25.4. The van der Waals surface area contributed by atoms with Gasteiger partial charge in [0.1, 0.15) is 0 Å². The van der Waals surface area contributed by atoms with Gasteiger partial charge in [-0.05, 0) is 6.92 Å². The molecule has 0 aromatic heterocycles. The highest BCUT2D eigenvalue weighted by Crippen LogP contribution is 2.07. The van der Waals surface area contributed by atoms with Crippen LogP contribution in [0.25, 0.3) is 0 Å². The number of rotatable bonds is 3. The molecule has 0 aromatic rings. The molecule has 0 saturated carbocycles. The third-order valence-corrected chi connectivity index (χ3v) is 3.05. The molecule has 1 atom stereocenters.